The fourth-order valence-corrected chi connectivity index (χ4v) is 9.42. The van der Waals surface area contributed by atoms with Gasteiger partial charge in [-0.2, -0.15) is 9.97 Å². The molecule has 2 atom stereocenters. The molecule has 3 heterocycles. The van der Waals surface area contributed by atoms with E-state index in [9.17, 15) is 0 Å². The lowest BCUT2D eigenvalue weighted by Crippen LogP contribution is -2.28. The minimum Gasteiger partial charge on any atom is -0.333 e. The first kappa shape index (κ1) is 35.8. The van der Waals surface area contributed by atoms with Crippen molar-refractivity contribution in [3.8, 4) is 51.0 Å². The molecule has 10 aromatic rings. The highest BCUT2D eigenvalue weighted by molar-refractivity contribution is 6.11. The van der Waals surface area contributed by atoms with Crippen LogP contribution in [0.15, 0.2) is 224 Å². The molecule has 62 heavy (non-hydrogen) atoms. The van der Waals surface area contributed by atoms with E-state index in [0.717, 1.165) is 38.5 Å². The minimum atomic E-state index is 0.155. The average molecular weight is 794 g/mol. The summed E-state index contributed by atoms with van der Waals surface area (Å²) in [5.74, 6) is 2.00. The van der Waals surface area contributed by atoms with E-state index in [1.807, 2.05) is 36.4 Å². The van der Waals surface area contributed by atoms with Gasteiger partial charge < -0.3 is 4.90 Å². The zero-order valence-corrected chi connectivity index (χ0v) is 33.8. The second-order valence-electron chi connectivity index (χ2n) is 16.0. The third-order valence-electron chi connectivity index (χ3n) is 12.4. The zero-order valence-electron chi connectivity index (χ0n) is 33.8. The van der Waals surface area contributed by atoms with Crippen molar-refractivity contribution in [2.45, 2.75) is 12.0 Å². The first-order chi connectivity index (χ1) is 30.7. The molecule has 0 saturated carbocycles. The van der Waals surface area contributed by atoms with Gasteiger partial charge in [-0.15, -0.1) is 0 Å². The fraction of sp³-hybridized carbons (Fsp3) is 0.0351. The predicted octanol–water partition coefficient (Wildman–Crippen LogP) is 13.9. The molecule has 12 rings (SSSR count). The highest BCUT2D eigenvalue weighted by Crippen LogP contribution is 2.50. The summed E-state index contributed by atoms with van der Waals surface area (Å²) in [5.41, 5.74) is 14.9. The Balaban J connectivity index is 1.04. The fourth-order valence-electron chi connectivity index (χ4n) is 9.42. The van der Waals surface area contributed by atoms with Crippen LogP contribution in [-0.2, 0) is 0 Å². The molecule has 2 aromatic heterocycles. The number of allylic oxidation sites excluding steroid dienone is 2. The number of anilines is 2. The molecule has 0 radical (unpaired) electrons. The van der Waals surface area contributed by atoms with Crippen LogP contribution >= 0.6 is 0 Å². The summed E-state index contributed by atoms with van der Waals surface area (Å²) >= 11 is 0. The normalized spacial score (nSPS) is 15.4. The smallest absolute Gasteiger partial charge is 0.238 e. The van der Waals surface area contributed by atoms with Gasteiger partial charge in [-0.3, -0.25) is 4.57 Å². The molecule has 5 heteroatoms. The summed E-state index contributed by atoms with van der Waals surface area (Å²) in [5, 5.41) is 2.28. The number of nitrogens with zero attached hydrogens (tertiary/aromatic N) is 5. The van der Waals surface area contributed by atoms with Crippen LogP contribution in [0.4, 0.5) is 11.4 Å². The van der Waals surface area contributed by atoms with Crippen LogP contribution in [0.2, 0.25) is 0 Å². The lowest BCUT2D eigenvalue weighted by Gasteiger charge is -2.29. The van der Waals surface area contributed by atoms with Gasteiger partial charge in [0.25, 0.3) is 0 Å². The van der Waals surface area contributed by atoms with E-state index in [1.165, 1.54) is 44.8 Å². The van der Waals surface area contributed by atoms with Crippen molar-refractivity contribution in [2.24, 2.45) is 0 Å². The van der Waals surface area contributed by atoms with Crippen molar-refractivity contribution in [1.29, 1.82) is 0 Å². The lowest BCUT2D eigenvalue weighted by molar-refractivity contribution is 0.747. The van der Waals surface area contributed by atoms with Gasteiger partial charge in [-0.05, 0) is 87.5 Å². The summed E-state index contributed by atoms with van der Waals surface area (Å²) in [6.45, 7) is 0. The third-order valence-corrected chi connectivity index (χ3v) is 12.4. The topological polar surface area (TPSA) is 46.8 Å². The van der Waals surface area contributed by atoms with E-state index in [2.05, 4.69) is 198 Å². The molecule has 1 aliphatic carbocycles. The average Bonchev–Trinajstić information content (AvgIpc) is 3.86. The van der Waals surface area contributed by atoms with Crippen molar-refractivity contribution in [1.82, 2.24) is 19.5 Å². The Morgan fingerprint density at radius 1 is 0.403 bits per heavy atom. The monoisotopic (exact) mass is 793 g/mol. The molecule has 1 aliphatic heterocycles. The number of hydrogen-bond acceptors (Lipinski definition) is 4. The first-order valence-electron chi connectivity index (χ1n) is 21.2. The van der Waals surface area contributed by atoms with Crippen molar-refractivity contribution >= 4 is 38.8 Å². The molecular formula is C57H39N5. The quantitative estimate of drug-likeness (QED) is 0.161. The van der Waals surface area contributed by atoms with Crippen molar-refractivity contribution < 1.29 is 0 Å². The molecule has 0 spiro atoms. The zero-order chi connectivity index (χ0) is 41.0. The molecule has 2 aliphatic rings. The predicted molar refractivity (Wildman–Crippen MR) is 255 cm³/mol. The number of rotatable bonds is 7. The van der Waals surface area contributed by atoms with Crippen LogP contribution < -0.4 is 4.90 Å². The molecule has 8 aromatic carbocycles. The minimum absolute atomic E-state index is 0.155. The van der Waals surface area contributed by atoms with Gasteiger partial charge >= 0.3 is 0 Å². The summed E-state index contributed by atoms with van der Waals surface area (Å²) in [6, 6.07) is 73.2. The second-order valence-corrected chi connectivity index (χ2v) is 16.0. The van der Waals surface area contributed by atoms with Crippen LogP contribution in [0.5, 0.6) is 0 Å². The van der Waals surface area contributed by atoms with Crippen LogP contribution in [-0.4, -0.2) is 25.6 Å². The highest BCUT2D eigenvalue weighted by Gasteiger charge is 2.38. The Morgan fingerprint density at radius 2 is 0.887 bits per heavy atom. The van der Waals surface area contributed by atoms with Crippen LogP contribution in [0.3, 0.4) is 0 Å². The summed E-state index contributed by atoms with van der Waals surface area (Å²) in [4.78, 5) is 17.9. The van der Waals surface area contributed by atoms with E-state index < -0.39 is 0 Å². The maximum Gasteiger partial charge on any atom is 0.238 e. The van der Waals surface area contributed by atoms with Crippen molar-refractivity contribution in [3.05, 3.63) is 236 Å². The van der Waals surface area contributed by atoms with Crippen LogP contribution in [0.25, 0.3) is 78.4 Å². The molecule has 0 bridgehead atoms. The number of benzene rings is 8. The SMILES string of the molecule is C1=CC2C(C=C1c1ccc3c(c1)c1cc(-c4ccccc4)ccc1n3-c1nc(-c3ccccc3)nc(-c3ccccc3)n1)c1cc(-c3ccccc3)ccc1N2c1ccccc1. The van der Waals surface area contributed by atoms with Gasteiger partial charge in [0.05, 0.1) is 17.1 Å². The second kappa shape index (κ2) is 14.8. The van der Waals surface area contributed by atoms with Crippen LogP contribution in [0.1, 0.15) is 17.0 Å². The van der Waals surface area contributed by atoms with Gasteiger partial charge in [0.1, 0.15) is 0 Å². The molecule has 0 amide bonds. The Morgan fingerprint density at radius 3 is 1.47 bits per heavy atom. The van der Waals surface area contributed by atoms with Crippen LogP contribution in [0, 0.1) is 0 Å². The van der Waals surface area contributed by atoms with Gasteiger partial charge in [0, 0.05) is 39.2 Å². The highest BCUT2D eigenvalue weighted by atomic mass is 15.2. The van der Waals surface area contributed by atoms with E-state index in [-0.39, 0.29) is 12.0 Å². The van der Waals surface area contributed by atoms with Gasteiger partial charge in [0.2, 0.25) is 5.95 Å². The maximum absolute atomic E-state index is 5.20. The Bertz CT molecular complexity index is 3280. The van der Waals surface area contributed by atoms with E-state index in [1.54, 1.807) is 0 Å². The number of fused-ring (bicyclic) bond motifs is 6. The number of aromatic nitrogens is 4. The number of hydrogen-bond donors (Lipinski definition) is 0. The Hall–Kier alpha value is -8.15. The third kappa shape index (κ3) is 6.13. The molecule has 2 unspecified atom stereocenters. The summed E-state index contributed by atoms with van der Waals surface area (Å²) in [7, 11) is 0. The van der Waals surface area contributed by atoms with Crippen molar-refractivity contribution in [3.63, 3.8) is 0 Å². The van der Waals surface area contributed by atoms with E-state index in [0.29, 0.717) is 17.6 Å². The number of para-hydroxylation sites is 1. The van der Waals surface area contributed by atoms with E-state index >= 15 is 0 Å². The van der Waals surface area contributed by atoms with E-state index in [4.69, 9.17) is 15.0 Å². The summed E-state index contributed by atoms with van der Waals surface area (Å²) in [6.07, 6.45) is 7.21. The lowest BCUT2D eigenvalue weighted by atomic mass is 9.85. The molecule has 5 nitrogen and oxygen atoms in total. The van der Waals surface area contributed by atoms with Gasteiger partial charge in [0.15, 0.2) is 11.6 Å². The first-order valence-corrected chi connectivity index (χ1v) is 21.2. The van der Waals surface area contributed by atoms with Crippen molar-refractivity contribution in [2.75, 3.05) is 4.90 Å². The molecule has 292 valence electrons. The standard InChI is InChI=1S/C57H39N5/c1-6-16-38(17-7-1)42-26-30-51-47(34-42)48-36-44(28-31-52(48)61(51)46-24-14-5-15-25-46)45-29-33-54-50(37-45)49-35-43(39-18-8-2-9-19-39)27-32-53(49)62(54)57-59-55(40-20-10-3-11-21-40)58-56(60-57)41-22-12-4-13-23-41/h1-37,48,52H. The molecular weight excluding hydrogens is 755 g/mol. The van der Waals surface area contributed by atoms with Gasteiger partial charge in [-0.1, -0.05) is 176 Å². The Labute approximate surface area is 360 Å². The Kier molecular flexibility index (Phi) is 8.56. The summed E-state index contributed by atoms with van der Waals surface area (Å²) < 4.78 is 2.21. The molecule has 0 fully saturated rings. The molecule has 0 N–H and O–H groups in total. The molecule has 0 saturated heterocycles. The van der Waals surface area contributed by atoms with Gasteiger partial charge in [-0.25, -0.2) is 4.98 Å². The maximum atomic E-state index is 5.20. The largest absolute Gasteiger partial charge is 0.333 e.